The lowest BCUT2D eigenvalue weighted by Gasteiger charge is -2.01. The summed E-state index contributed by atoms with van der Waals surface area (Å²) >= 11 is 2.94. The summed E-state index contributed by atoms with van der Waals surface area (Å²) in [6, 6.07) is 8.58. The van der Waals surface area contributed by atoms with Gasteiger partial charge in [-0.1, -0.05) is 6.07 Å². The molecule has 0 saturated heterocycles. The number of oxazole rings is 1. The van der Waals surface area contributed by atoms with Gasteiger partial charge in [-0.15, -0.1) is 23.1 Å². The summed E-state index contributed by atoms with van der Waals surface area (Å²) < 4.78 is 19.1. The molecule has 2 heterocycles. The second-order valence-electron chi connectivity index (χ2n) is 4.10. The van der Waals surface area contributed by atoms with Crippen LogP contribution in [0, 0.1) is 5.82 Å². The highest BCUT2D eigenvalue weighted by molar-refractivity contribution is 7.98. The number of aromatic nitrogens is 1. The molecule has 0 amide bonds. The molecule has 0 bridgehead atoms. The molecular weight excluding hydrogens is 295 g/mol. The molecule has 3 nitrogen and oxygen atoms in total. The molecule has 0 aliphatic rings. The Hall–Kier alpha value is -1.79. The third-order valence-electron chi connectivity index (χ3n) is 2.62. The number of anilines is 1. The summed E-state index contributed by atoms with van der Waals surface area (Å²) in [6.07, 6.45) is 1.61. The van der Waals surface area contributed by atoms with E-state index in [0.717, 1.165) is 10.6 Å². The van der Waals surface area contributed by atoms with Gasteiger partial charge in [0.25, 0.3) is 0 Å². The summed E-state index contributed by atoms with van der Waals surface area (Å²) in [4.78, 5) is 5.93. The average Bonchev–Trinajstić information content (AvgIpc) is 3.08. The first-order chi connectivity index (χ1) is 9.72. The first-order valence-corrected chi connectivity index (χ1v) is 7.75. The maximum atomic E-state index is 13.6. The quantitative estimate of drug-likeness (QED) is 0.573. The number of benzene rings is 1. The molecule has 6 heteroatoms. The fourth-order valence-corrected chi connectivity index (χ4v) is 3.13. The number of halogens is 1. The van der Waals surface area contributed by atoms with Gasteiger partial charge in [0.2, 0.25) is 5.89 Å². The zero-order valence-corrected chi connectivity index (χ0v) is 12.0. The molecule has 0 fully saturated rings. The molecule has 0 aliphatic heterocycles. The Bertz CT molecular complexity index is 710. The predicted octanol–water partition coefficient (Wildman–Crippen LogP) is 4.42. The zero-order valence-electron chi connectivity index (χ0n) is 10.4. The van der Waals surface area contributed by atoms with Crippen LogP contribution in [0.4, 0.5) is 10.1 Å². The Balaban J connectivity index is 1.70. The number of rotatable bonds is 4. The zero-order chi connectivity index (χ0) is 13.9. The van der Waals surface area contributed by atoms with Crippen LogP contribution >= 0.6 is 23.1 Å². The van der Waals surface area contributed by atoms with E-state index >= 15 is 0 Å². The van der Waals surface area contributed by atoms with Crippen LogP contribution in [0.5, 0.6) is 0 Å². The standard InChI is InChI=1S/C14H11FN2OS2/c15-11-6-9(16)3-4-12(11)20-8-10-7-18-14(17-10)13-2-1-5-19-13/h1-7H,8,16H2. The van der Waals surface area contributed by atoms with Crippen LogP contribution in [0.2, 0.25) is 0 Å². The molecule has 3 aromatic rings. The Morgan fingerprint density at radius 1 is 1.35 bits per heavy atom. The number of hydrogen-bond acceptors (Lipinski definition) is 5. The van der Waals surface area contributed by atoms with Gasteiger partial charge in [0.05, 0.1) is 10.6 Å². The van der Waals surface area contributed by atoms with Gasteiger partial charge in [-0.25, -0.2) is 9.37 Å². The minimum atomic E-state index is -0.308. The van der Waals surface area contributed by atoms with Gasteiger partial charge in [0.15, 0.2) is 0 Å². The number of nitrogens with zero attached hydrogens (tertiary/aromatic N) is 1. The van der Waals surface area contributed by atoms with E-state index in [1.54, 1.807) is 29.7 Å². The van der Waals surface area contributed by atoms with E-state index in [4.69, 9.17) is 10.2 Å². The summed E-state index contributed by atoms with van der Waals surface area (Å²) in [6.45, 7) is 0. The fourth-order valence-electron chi connectivity index (χ4n) is 1.67. The SMILES string of the molecule is Nc1ccc(SCc2coc(-c3cccs3)n2)c(F)c1. The van der Waals surface area contributed by atoms with Crippen LogP contribution in [0.15, 0.2) is 51.3 Å². The van der Waals surface area contributed by atoms with E-state index in [-0.39, 0.29) is 5.82 Å². The van der Waals surface area contributed by atoms with Gasteiger partial charge in [-0.05, 0) is 29.6 Å². The molecule has 102 valence electrons. The van der Waals surface area contributed by atoms with Crippen LogP contribution in [0.1, 0.15) is 5.69 Å². The highest BCUT2D eigenvalue weighted by atomic mass is 32.2. The number of thioether (sulfide) groups is 1. The normalized spacial score (nSPS) is 10.8. The third-order valence-corrected chi connectivity index (χ3v) is 4.56. The highest BCUT2D eigenvalue weighted by Gasteiger charge is 2.09. The second-order valence-corrected chi connectivity index (χ2v) is 6.06. The van der Waals surface area contributed by atoms with Crippen molar-refractivity contribution >= 4 is 28.8 Å². The van der Waals surface area contributed by atoms with E-state index in [2.05, 4.69) is 4.98 Å². The van der Waals surface area contributed by atoms with Crippen molar-refractivity contribution in [3.8, 4) is 10.8 Å². The first-order valence-electron chi connectivity index (χ1n) is 5.88. The topological polar surface area (TPSA) is 52.0 Å². The van der Waals surface area contributed by atoms with Crippen molar-refractivity contribution < 1.29 is 8.81 Å². The first kappa shape index (κ1) is 13.2. The van der Waals surface area contributed by atoms with Gasteiger partial charge in [-0.2, -0.15) is 0 Å². The number of thiophene rings is 1. The average molecular weight is 306 g/mol. The van der Waals surface area contributed by atoms with Crippen molar-refractivity contribution in [2.75, 3.05) is 5.73 Å². The molecule has 0 atom stereocenters. The van der Waals surface area contributed by atoms with Crippen molar-refractivity contribution in [3.63, 3.8) is 0 Å². The van der Waals surface area contributed by atoms with Crippen LogP contribution in [0.3, 0.4) is 0 Å². The lowest BCUT2D eigenvalue weighted by atomic mass is 10.3. The molecule has 0 aliphatic carbocycles. The predicted molar refractivity (Wildman–Crippen MR) is 80.2 cm³/mol. The maximum Gasteiger partial charge on any atom is 0.236 e. The third kappa shape index (κ3) is 2.86. The Kier molecular flexibility index (Phi) is 3.75. The van der Waals surface area contributed by atoms with Crippen molar-refractivity contribution in [2.24, 2.45) is 0 Å². The van der Waals surface area contributed by atoms with E-state index < -0.39 is 0 Å². The highest BCUT2D eigenvalue weighted by Crippen LogP contribution is 2.29. The van der Waals surface area contributed by atoms with Crippen LogP contribution < -0.4 is 5.73 Å². The Labute approximate surface area is 123 Å². The van der Waals surface area contributed by atoms with E-state index in [0.29, 0.717) is 22.2 Å². The molecule has 2 aromatic heterocycles. The molecule has 1 aromatic carbocycles. The fraction of sp³-hybridized carbons (Fsp3) is 0.0714. The smallest absolute Gasteiger partial charge is 0.236 e. The molecule has 0 saturated carbocycles. The number of nitrogens with two attached hydrogens (primary N) is 1. The van der Waals surface area contributed by atoms with Crippen molar-refractivity contribution in [1.82, 2.24) is 4.98 Å². The molecule has 0 spiro atoms. The van der Waals surface area contributed by atoms with E-state index in [1.165, 1.54) is 17.8 Å². The minimum Gasteiger partial charge on any atom is -0.444 e. The number of hydrogen-bond donors (Lipinski definition) is 1. The lowest BCUT2D eigenvalue weighted by Crippen LogP contribution is -1.88. The Morgan fingerprint density at radius 2 is 2.25 bits per heavy atom. The molecule has 3 rings (SSSR count). The monoisotopic (exact) mass is 306 g/mol. The largest absolute Gasteiger partial charge is 0.444 e. The summed E-state index contributed by atoms with van der Waals surface area (Å²) in [5.74, 6) is 0.848. The summed E-state index contributed by atoms with van der Waals surface area (Å²) in [5, 5.41) is 1.97. The van der Waals surface area contributed by atoms with Crippen LogP contribution in [-0.2, 0) is 5.75 Å². The van der Waals surface area contributed by atoms with E-state index in [1.807, 2.05) is 17.5 Å². The van der Waals surface area contributed by atoms with Gasteiger partial charge >= 0.3 is 0 Å². The minimum absolute atomic E-state index is 0.308. The van der Waals surface area contributed by atoms with Gasteiger partial charge in [0.1, 0.15) is 12.1 Å². The molecule has 0 unspecified atom stereocenters. The van der Waals surface area contributed by atoms with Crippen molar-refractivity contribution in [3.05, 3.63) is 53.5 Å². The Morgan fingerprint density at radius 3 is 3.00 bits per heavy atom. The van der Waals surface area contributed by atoms with Crippen LogP contribution in [0.25, 0.3) is 10.8 Å². The second kappa shape index (κ2) is 5.68. The van der Waals surface area contributed by atoms with Crippen molar-refractivity contribution in [2.45, 2.75) is 10.6 Å². The van der Waals surface area contributed by atoms with Gasteiger partial charge in [0, 0.05) is 16.3 Å². The summed E-state index contributed by atoms with van der Waals surface area (Å²) in [5.41, 5.74) is 6.73. The van der Waals surface area contributed by atoms with Crippen molar-refractivity contribution in [1.29, 1.82) is 0 Å². The molecule has 20 heavy (non-hydrogen) atoms. The maximum absolute atomic E-state index is 13.6. The van der Waals surface area contributed by atoms with E-state index in [9.17, 15) is 4.39 Å². The summed E-state index contributed by atoms with van der Waals surface area (Å²) in [7, 11) is 0. The molecule has 0 radical (unpaired) electrons. The number of nitrogen functional groups attached to an aromatic ring is 1. The lowest BCUT2D eigenvalue weighted by molar-refractivity contribution is 0.575. The van der Waals surface area contributed by atoms with Crippen LogP contribution in [-0.4, -0.2) is 4.98 Å². The molecule has 2 N–H and O–H groups in total. The molecular formula is C14H11FN2OS2. The van der Waals surface area contributed by atoms with Gasteiger partial charge in [-0.3, -0.25) is 0 Å². The van der Waals surface area contributed by atoms with Gasteiger partial charge < -0.3 is 10.2 Å².